The molecule has 0 unspecified atom stereocenters. The molecule has 0 aliphatic heterocycles. The molecule has 29 heavy (non-hydrogen) atoms. The van der Waals surface area contributed by atoms with Crippen molar-refractivity contribution in [1.29, 1.82) is 0 Å². The molecule has 0 spiro atoms. The number of furan rings is 1. The molecule has 2 aromatic carbocycles. The number of aromatic nitrogens is 1. The standard InChI is InChI=1S/C14H10BrNO3.C9H7Br/c15-11-2-1-9-3-4-16(13(9)6-11)7-12-5-10(8-19-12)14(17)18;10-9-5-4-7-2-1-3-8(7)6-9/h1-6,8H,7H2,(H,17,18);1-2,4-6H,3H2. The smallest absolute Gasteiger partial charge is 0.338 e. The quantitative estimate of drug-likeness (QED) is 0.328. The summed E-state index contributed by atoms with van der Waals surface area (Å²) in [5.41, 5.74) is 4.04. The Hall–Kier alpha value is -2.57. The number of hydrogen-bond donors (Lipinski definition) is 1. The monoisotopic (exact) mass is 513 g/mol. The van der Waals surface area contributed by atoms with Crippen molar-refractivity contribution >= 4 is 54.8 Å². The molecular weight excluding hydrogens is 498 g/mol. The second-order valence-corrected chi connectivity index (χ2v) is 8.53. The number of rotatable bonds is 3. The Labute approximate surface area is 184 Å². The predicted octanol–water partition coefficient (Wildman–Crippen LogP) is 6.76. The van der Waals surface area contributed by atoms with Gasteiger partial charge in [-0.15, -0.1) is 0 Å². The Morgan fingerprint density at radius 1 is 1.07 bits per heavy atom. The van der Waals surface area contributed by atoms with E-state index in [0.29, 0.717) is 12.3 Å². The van der Waals surface area contributed by atoms with Crippen LogP contribution in [0, 0.1) is 0 Å². The van der Waals surface area contributed by atoms with Crippen LogP contribution in [0.5, 0.6) is 0 Å². The Morgan fingerprint density at radius 3 is 2.66 bits per heavy atom. The van der Waals surface area contributed by atoms with Crippen LogP contribution < -0.4 is 0 Å². The zero-order valence-corrected chi connectivity index (χ0v) is 18.5. The highest BCUT2D eigenvalue weighted by atomic mass is 79.9. The average molecular weight is 515 g/mol. The fraction of sp³-hybridized carbons (Fsp3) is 0.0870. The third-order valence-corrected chi connectivity index (χ3v) is 5.69. The van der Waals surface area contributed by atoms with Gasteiger partial charge in [0, 0.05) is 20.7 Å². The van der Waals surface area contributed by atoms with Gasteiger partial charge in [-0.3, -0.25) is 0 Å². The number of fused-ring (bicyclic) bond motifs is 2. The summed E-state index contributed by atoms with van der Waals surface area (Å²) in [6, 6.07) is 16.0. The highest BCUT2D eigenvalue weighted by Gasteiger charge is 2.10. The van der Waals surface area contributed by atoms with Gasteiger partial charge in [-0.25, -0.2) is 4.79 Å². The molecule has 4 nitrogen and oxygen atoms in total. The summed E-state index contributed by atoms with van der Waals surface area (Å²) in [5.74, 6) is -0.356. The Morgan fingerprint density at radius 2 is 1.86 bits per heavy atom. The van der Waals surface area contributed by atoms with Crippen LogP contribution in [0.1, 0.15) is 27.2 Å². The number of allylic oxidation sites excluding steroid dienone is 1. The highest BCUT2D eigenvalue weighted by molar-refractivity contribution is 9.10. The molecule has 0 radical (unpaired) electrons. The molecule has 2 aromatic heterocycles. The molecule has 6 heteroatoms. The average Bonchev–Trinajstić information content (AvgIpc) is 3.42. The van der Waals surface area contributed by atoms with E-state index in [0.717, 1.165) is 21.8 Å². The number of nitrogens with zero attached hydrogens (tertiary/aromatic N) is 1. The summed E-state index contributed by atoms with van der Waals surface area (Å²) >= 11 is 6.88. The maximum absolute atomic E-state index is 10.8. The lowest BCUT2D eigenvalue weighted by Gasteiger charge is -2.03. The zero-order valence-electron chi connectivity index (χ0n) is 15.3. The zero-order chi connectivity index (χ0) is 20.4. The van der Waals surface area contributed by atoms with Crippen LogP contribution in [0.3, 0.4) is 0 Å². The maximum atomic E-state index is 10.8. The van der Waals surface area contributed by atoms with Crippen LogP contribution in [-0.2, 0) is 13.0 Å². The molecule has 0 bridgehead atoms. The molecule has 0 saturated carbocycles. The third-order valence-electron chi connectivity index (χ3n) is 4.70. The third kappa shape index (κ3) is 4.54. The van der Waals surface area contributed by atoms with E-state index in [4.69, 9.17) is 9.52 Å². The van der Waals surface area contributed by atoms with E-state index in [-0.39, 0.29) is 5.56 Å². The van der Waals surface area contributed by atoms with Crippen LogP contribution >= 0.6 is 31.9 Å². The summed E-state index contributed by atoms with van der Waals surface area (Å²) in [7, 11) is 0. The lowest BCUT2D eigenvalue weighted by atomic mass is 10.1. The van der Waals surface area contributed by atoms with E-state index in [9.17, 15) is 4.79 Å². The van der Waals surface area contributed by atoms with Crippen LogP contribution in [0.15, 0.2) is 80.4 Å². The van der Waals surface area contributed by atoms with Gasteiger partial charge in [-0.2, -0.15) is 0 Å². The number of carbonyl (C=O) groups is 1. The Balaban J connectivity index is 0.000000171. The van der Waals surface area contributed by atoms with E-state index in [1.807, 2.05) is 35.0 Å². The van der Waals surface area contributed by atoms with Crippen molar-refractivity contribution in [2.24, 2.45) is 0 Å². The summed E-state index contributed by atoms with van der Waals surface area (Å²) in [4.78, 5) is 10.8. The molecule has 1 aliphatic rings. The molecule has 2 heterocycles. The first-order valence-corrected chi connectivity index (χ1v) is 10.6. The first-order chi connectivity index (χ1) is 14.0. The van der Waals surface area contributed by atoms with Crippen molar-refractivity contribution < 1.29 is 14.3 Å². The molecule has 0 amide bonds. The minimum absolute atomic E-state index is 0.174. The van der Waals surface area contributed by atoms with Gasteiger partial charge in [0.15, 0.2) is 0 Å². The van der Waals surface area contributed by atoms with Crippen LogP contribution in [0.2, 0.25) is 0 Å². The van der Waals surface area contributed by atoms with E-state index in [1.165, 1.54) is 21.9 Å². The molecule has 1 aliphatic carbocycles. The Bertz CT molecular complexity index is 1220. The van der Waals surface area contributed by atoms with Gasteiger partial charge in [0.1, 0.15) is 12.0 Å². The molecular formula is C23H17Br2NO3. The number of benzene rings is 2. The minimum atomic E-state index is -0.977. The minimum Gasteiger partial charge on any atom is -0.478 e. The molecule has 5 rings (SSSR count). The van der Waals surface area contributed by atoms with Crippen molar-refractivity contribution in [3.05, 3.63) is 98.5 Å². The van der Waals surface area contributed by atoms with Crippen molar-refractivity contribution in [3.63, 3.8) is 0 Å². The summed E-state index contributed by atoms with van der Waals surface area (Å²) in [6.07, 6.45) is 8.67. The molecule has 4 aromatic rings. The van der Waals surface area contributed by atoms with E-state index in [2.05, 4.69) is 62.2 Å². The second kappa shape index (κ2) is 8.43. The first kappa shape index (κ1) is 19.7. The molecule has 0 atom stereocenters. The van der Waals surface area contributed by atoms with Crippen molar-refractivity contribution in [1.82, 2.24) is 4.57 Å². The van der Waals surface area contributed by atoms with Gasteiger partial charge >= 0.3 is 5.97 Å². The van der Waals surface area contributed by atoms with E-state index in [1.54, 1.807) is 6.07 Å². The van der Waals surface area contributed by atoms with Crippen LogP contribution in [-0.4, -0.2) is 15.6 Å². The topological polar surface area (TPSA) is 55.4 Å². The first-order valence-electron chi connectivity index (χ1n) is 9.00. The van der Waals surface area contributed by atoms with Gasteiger partial charge in [-0.1, -0.05) is 56.1 Å². The normalized spacial score (nSPS) is 11.9. The fourth-order valence-electron chi connectivity index (χ4n) is 3.27. The fourth-order valence-corrected chi connectivity index (χ4v) is 4.02. The maximum Gasteiger partial charge on any atom is 0.338 e. The summed E-state index contributed by atoms with van der Waals surface area (Å²) < 4.78 is 9.46. The number of carboxylic acid groups (broad SMARTS) is 1. The predicted molar refractivity (Wildman–Crippen MR) is 121 cm³/mol. The number of carboxylic acids is 1. The van der Waals surface area contributed by atoms with Crippen LogP contribution in [0.4, 0.5) is 0 Å². The second-order valence-electron chi connectivity index (χ2n) is 6.70. The van der Waals surface area contributed by atoms with E-state index < -0.39 is 5.97 Å². The lowest BCUT2D eigenvalue weighted by Crippen LogP contribution is -1.97. The molecule has 0 saturated heterocycles. The van der Waals surface area contributed by atoms with Gasteiger partial charge in [-0.05, 0) is 59.3 Å². The van der Waals surface area contributed by atoms with Gasteiger partial charge < -0.3 is 14.1 Å². The number of halogens is 2. The van der Waals surface area contributed by atoms with E-state index >= 15 is 0 Å². The van der Waals surface area contributed by atoms with Crippen LogP contribution in [0.25, 0.3) is 17.0 Å². The van der Waals surface area contributed by atoms with Gasteiger partial charge in [0.25, 0.3) is 0 Å². The Kier molecular flexibility index (Phi) is 5.74. The lowest BCUT2D eigenvalue weighted by molar-refractivity contribution is 0.0696. The molecule has 0 fully saturated rings. The highest BCUT2D eigenvalue weighted by Crippen LogP contribution is 2.23. The summed E-state index contributed by atoms with van der Waals surface area (Å²) in [6.45, 7) is 0.507. The SMILES string of the molecule is Brc1ccc2c(c1)CC=C2.O=C(O)c1coc(Cn2ccc3ccc(Br)cc32)c1. The summed E-state index contributed by atoms with van der Waals surface area (Å²) in [5, 5.41) is 9.99. The largest absolute Gasteiger partial charge is 0.478 e. The van der Waals surface area contributed by atoms with Crippen molar-refractivity contribution in [3.8, 4) is 0 Å². The van der Waals surface area contributed by atoms with Gasteiger partial charge in [0.2, 0.25) is 0 Å². The van der Waals surface area contributed by atoms with Gasteiger partial charge in [0.05, 0.1) is 12.1 Å². The molecule has 146 valence electrons. The number of aromatic carboxylic acids is 1. The number of hydrogen-bond acceptors (Lipinski definition) is 2. The van der Waals surface area contributed by atoms with Crippen molar-refractivity contribution in [2.75, 3.05) is 0 Å². The molecule has 1 N–H and O–H groups in total. The van der Waals surface area contributed by atoms with Crippen molar-refractivity contribution in [2.45, 2.75) is 13.0 Å².